The van der Waals surface area contributed by atoms with Gasteiger partial charge in [0.25, 0.3) is 5.91 Å². The van der Waals surface area contributed by atoms with Crippen molar-refractivity contribution in [2.45, 2.75) is 51.9 Å². The first-order chi connectivity index (χ1) is 15.1. The highest BCUT2D eigenvalue weighted by molar-refractivity contribution is 5.92. The van der Waals surface area contributed by atoms with E-state index in [-0.39, 0.29) is 42.9 Å². The van der Waals surface area contributed by atoms with E-state index in [1.54, 1.807) is 24.4 Å². The Morgan fingerprint density at radius 1 is 1.28 bits per heavy atom. The van der Waals surface area contributed by atoms with Gasteiger partial charge < -0.3 is 20.6 Å². The molecule has 0 radical (unpaired) electrons. The number of aliphatic hydroxyl groups is 1. The minimum atomic E-state index is -0.769. The van der Waals surface area contributed by atoms with Crippen LogP contribution in [-0.2, 0) is 16.1 Å². The van der Waals surface area contributed by atoms with Gasteiger partial charge in [-0.3, -0.25) is 19.4 Å². The van der Waals surface area contributed by atoms with Gasteiger partial charge in [0, 0.05) is 26.2 Å². The first-order valence-electron chi connectivity index (χ1n) is 10.4. The van der Waals surface area contributed by atoms with Crippen LogP contribution in [0.4, 0.5) is 0 Å². The summed E-state index contributed by atoms with van der Waals surface area (Å²) >= 11 is 0. The van der Waals surface area contributed by atoms with Crippen molar-refractivity contribution in [3.8, 4) is 0 Å². The molecule has 3 N–H and O–H groups in total. The van der Waals surface area contributed by atoms with Crippen LogP contribution in [0.25, 0.3) is 0 Å². The number of β-amino-alcohol motifs (C(OH)–C–C–N with tert-alkyl or cyclic N) is 1. The Kier molecular flexibility index (Phi) is 6.87. The summed E-state index contributed by atoms with van der Waals surface area (Å²) in [5.74, 6) is -0.987. The van der Waals surface area contributed by atoms with E-state index in [0.29, 0.717) is 5.69 Å². The molecule has 11 nitrogen and oxygen atoms in total. The smallest absolute Gasteiger partial charge is 0.270 e. The number of amides is 3. The summed E-state index contributed by atoms with van der Waals surface area (Å²) in [4.78, 5) is 43.4. The lowest BCUT2D eigenvalue weighted by Crippen LogP contribution is -2.49. The van der Waals surface area contributed by atoms with Crippen molar-refractivity contribution in [3.05, 3.63) is 42.0 Å². The largest absolute Gasteiger partial charge is 0.391 e. The van der Waals surface area contributed by atoms with Gasteiger partial charge in [0.1, 0.15) is 23.5 Å². The first kappa shape index (κ1) is 23.3. The fourth-order valence-electron chi connectivity index (χ4n) is 3.79. The molecule has 3 rings (SSSR count). The van der Waals surface area contributed by atoms with E-state index >= 15 is 0 Å². The predicted molar refractivity (Wildman–Crippen MR) is 114 cm³/mol. The third kappa shape index (κ3) is 5.10. The Hall–Kier alpha value is -3.34. The molecule has 172 valence electrons. The molecule has 0 bridgehead atoms. The lowest BCUT2D eigenvalue weighted by atomic mass is 9.85. The van der Waals surface area contributed by atoms with Gasteiger partial charge >= 0.3 is 0 Å². The number of pyridine rings is 1. The number of rotatable bonds is 6. The van der Waals surface area contributed by atoms with E-state index in [1.165, 1.54) is 22.8 Å². The van der Waals surface area contributed by atoms with Gasteiger partial charge in [-0.2, -0.15) is 0 Å². The van der Waals surface area contributed by atoms with Crippen LogP contribution in [0.2, 0.25) is 0 Å². The summed E-state index contributed by atoms with van der Waals surface area (Å²) in [6.45, 7) is 5.86. The van der Waals surface area contributed by atoms with E-state index in [0.717, 1.165) is 0 Å². The molecular formula is C21H29N7O4. The van der Waals surface area contributed by atoms with Crippen molar-refractivity contribution >= 4 is 17.7 Å². The van der Waals surface area contributed by atoms with Gasteiger partial charge in [0.2, 0.25) is 11.8 Å². The number of nitrogens with zero attached hydrogens (tertiary/aromatic N) is 5. The second kappa shape index (κ2) is 9.43. The maximum atomic E-state index is 13.5. The van der Waals surface area contributed by atoms with E-state index in [1.807, 2.05) is 20.8 Å². The van der Waals surface area contributed by atoms with Crippen LogP contribution >= 0.6 is 0 Å². The summed E-state index contributed by atoms with van der Waals surface area (Å²) < 4.78 is 1.45. The molecule has 3 atom stereocenters. The van der Waals surface area contributed by atoms with E-state index in [4.69, 9.17) is 0 Å². The summed E-state index contributed by atoms with van der Waals surface area (Å²) in [5.41, 5.74) is 0.205. The van der Waals surface area contributed by atoms with Crippen LogP contribution in [0.3, 0.4) is 0 Å². The molecule has 1 aliphatic heterocycles. The molecule has 0 aliphatic carbocycles. The van der Waals surface area contributed by atoms with Crippen molar-refractivity contribution < 1.29 is 19.5 Å². The van der Waals surface area contributed by atoms with Crippen LogP contribution in [-0.4, -0.2) is 73.4 Å². The highest BCUT2D eigenvalue weighted by atomic mass is 16.3. The molecule has 1 saturated heterocycles. The summed E-state index contributed by atoms with van der Waals surface area (Å²) in [6.07, 6.45) is 2.56. The average molecular weight is 444 g/mol. The normalized spacial score (nSPS) is 19.5. The molecule has 3 amide bonds. The molecule has 0 saturated carbocycles. The highest BCUT2D eigenvalue weighted by Crippen LogP contribution is 2.34. The van der Waals surface area contributed by atoms with Gasteiger partial charge in [0.05, 0.1) is 18.8 Å². The van der Waals surface area contributed by atoms with Crippen LogP contribution < -0.4 is 10.6 Å². The molecular weight excluding hydrogens is 414 g/mol. The highest BCUT2D eigenvalue weighted by Gasteiger charge is 2.44. The SMILES string of the molecule is CNC(=O)[C@@H]1C[C@@H](O)CN1C(=O)[C@@H](n1cc(CNC(=O)c2ccccn2)nn1)C(C)(C)C. The van der Waals surface area contributed by atoms with E-state index in [9.17, 15) is 19.5 Å². The Labute approximate surface area is 186 Å². The predicted octanol–water partition coefficient (Wildman–Crippen LogP) is -0.102. The Morgan fingerprint density at radius 2 is 2.03 bits per heavy atom. The Morgan fingerprint density at radius 3 is 2.66 bits per heavy atom. The second-order valence-corrected chi connectivity index (χ2v) is 8.87. The summed E-state index contributed by atoms with van der Waals surface area (Å²) in [5, 5.41) is 23.6. The topological polar surface area (TPSA) is 142 Å². The standard InChI is InChI=1S/C21H29N7O4/c1-21(2,3)17(20(32)27-12-14(29)9-16(27)19(31)22-4)28-11-13(25-26-28)10-24-18(30)15-7-5-6-8-23-15/h5-8,11,14,16-17,29H,9-10,12H2,1-4H3,(H,22,31)(H,24,30)/t14-,16+,17-/m1/s1. The van der Waals surface area contributed by atoms with Gasteiger partial charge in [0.15, 0.2) is 0 Å². The maximum Gasteiger partial charge on any atom is 0.270 e. The molecule has 2 aromatic heterocycles. The van der Waals surface area contributed by atoms with Crippen molar-refractivity contribution in [3.63, 3.8) is 0 Å². The number of carbonyl (C=O) groups is 3. The molecule has 3 heterocycles. The average Bonchev–Trinajstić information content (AvgIpc) is 3.37. The lowest BCUT2D eigenvalue weighted by Gasteiger charge is -2.34. The fraction of sp³-hybridized carbons (Fsp3) is 0.524. The minimum absolute atomic E-state index is 0.0746. The first-order valence-corrected chi connectivity index (χ1v) is 10.4. The van der Waals surface area contributed by atoms with E-state index < -0.39 is 23.6 Å². The van der Waals surface area contributed by atoms with Gasteiger partial charge in [-0.15, -0.1) is 5.10 Å². The zero-order valence-corrected chi connectivity index (χ0v) is 18.6. The van der Waals surface area contributed by atoms with Crippen LogP contribution in [0, 0.1) is 5.41 Å². The molecule has 11 heteroatoms. The molecule has 0 spiro atoms. The number of hydrogen-bond acceptors (Lipinski definition) is 7. The maximum absolute atomic E-state index is 13.5. The molecule has 32 heavy (non-hydrogen) atoms. The second-order valence-electron chi connectivity index (χ2n) is 8.87. The van der Waals surface area contributed by atoms with Gasteiger partial charge in [-0.25, -0.2) is 4.68 Å². The van der Waals surface area contributed by atoms with Crippen molar-refractivity contribution in [2.24, 2.45) is 5.41 Å². The monoisotopic (exact) mass is 443 g/mol. The third-order valence-electron chi connectivity index (χ3n) is 5.32. The number of aliphatic hydroxyl groups excluding tert-OH is 1. The Bertz CT molecular complexity index is 970. The third-order valence-corrected chi connectivity index (χ3v) is 5.32. The summed E-state index contributed by atoms with van der Waals surface area (Å²) in [7, 11) is 1.50. The van der Waals surface area contributed by atoms with Crippen molar-refractivity contribution in [1.82, 2.24) is 35.5 Å². The number of nitrogens with one attached hydrogen (secondary N) is 2. The molecule has 1 fully saturated rings. The summed E-state index contributed by atoms with van der Waals surface area (Å²) in [6, 6.07) is 3.55. The van der Waals surface area contributed by atoms with Gasteiger partial charge in [-0.05, 0) is 17.5 Å². The zero-order valence-electron chi connectivity index (χ0n) is 18.6. The molecule has 2 aromatic rings. The van der Waals surface area contributed by atoms with Crippen molar-refractivity contribution in [1.29, 1.82) is 0 Å². The Balaban J connectivity index is 1.77. The van der Waals surface area contributed by atoms with Crippen LogP contribution in [0.5, 0.6) is 0 Å². The zero-order chi connectivity index (χ0) is 23.5. The number of aromatic nitrogens is 4. The number of likely N-dealkylation sites (N-methyl/N-ethyl adjacent to an activating group) is 1. The van der Waals surface area contributed by atoms with Crippen LogP contribution in [0.1, 0.15) is 49.4 Å². The minimum Gasteiger partial charge on any atom is -0.391 e. The quantitative estimate of drug-likeness (QED) is 0.566. The van der Waals surface area contributed by atoms with E-state index in [2.05, 4.69) is 25.9 Å². The lowest BCUT2D eigenvalue weighted by molar-refractivity contribution is -0.144. The molecule has 0 aromatic carbocycles. The molecule has 0 unspecified atom stereocenters. The number of likely N-dealkylation sites (tertiary alicyclic amines) is 1. The van der Waals surface area contributed by atoms with Gasteiger partial charge in [-0.1, -0.05) is 32.1 Å². The number of hydrogen-bond donors (Lipinski definition) is 3. The van der Waals surface area contributed by atoms with Crippen molar-refractivity contribution in [2.75, 3.05) is 13.6 Å². The number of carbonyl (C=O) groups excluding carboxylic acids is 3. The molecule has 1 aliphatic rings. The van der Waals surface area contributed by atoms with Crippen LogP contribution in [0.15, 0.2) is 30.6 Å². The fourth-order valence-corrected chi connectivity index (χ4v) is 3.79.